The van der Waals surface area contributed by atoms with Crippen molar-refractivity contribution in [2.75, 3.05) is 41.5 Å². The van der Waals surface area contributed by atoms with Gasteiger partial charge in [0.25, 0.3) is 0 Å². The summed E-state index contributed by atoms with van der Waals surface area (Å²) in [7, 11) is 6.60. The molecule has 0 bridgehead atoms. The van der Waals surface area contributed by atoms with Crippen LogP contribution in [0, 0.1) is 17.2 Å². The lowest BCUT2D eigenvalue weighted by molar-refractivity contribution is 0.234. The Morgan fingerprint density at radius 3 is 2.09 bits per heavy atom. The maximum atomic E-state index is 10.3. The third kappa shape index (κ3) is 5.04. The Morgan fingerprint density at radius 1 is 0.909 bits per heavy atom. The molecule has 1 heterocycles. The van der Waals surface area contributed by atoms with Gasteiger partial charge in [-0.3, -0.25) is 4.90 Å². The molecule has 0 fully saturated rings. The number of ether oxygens (including phenoxy) is 4. The van der Waals surface area contributed by atoms with E-state index in [-0.39, 0.29) is 5.92 Å². The van der Waals surface area contributed by atoms with Crippen molar-refractivity contribution in [3.63, 3.8) is 0 Å². The lowest BCUT2D eigenvalue weighted by Crippen LogP contribution is -2.35. The molecule has 3 rings (SSSR count). The van der Waals surface area contributed by atoms with Crippen LogP contribution in [0.25, 0.3) is 0 Å². The predicted molar refractivity (Wildman–Crippen MR) is 129 cm³/mol. The summed E-state index contributed by atoms with van der Waals surface area (Å²) >= 11 is 0. The van der Waals surface area contributed by atoms with Crippen molar-refractivity contribution < 1.29 is 18.9 Å². The molecule has 1 aliphatic heterocycles. The van der Waals surface area contributed by atoms with E-state index in [1.807, 2.05) is 18.2 Å². The third-order valence-corrected chi connectivity index (χ3v) is 6.93. The van der Waals surface area contributed by atoms with E-state index < -0.39 is 5.41 Å². The average Bonchev–Trinajstić information content (AvgIpc) is 2.85. The zero-order chi connectivity index (χ0) is 24.0. The number of benzene rings is 2. The first-order valence-electron chi connectivity index (χ1n) is 11.5. The van der Waals surface area contributed by atoms with Crippen molar-refractivity contribution in [1.82, 2.24) is 4.90 Å². The van der Waals surface area contributed by atoms with Gasteiger partial charge in [-0.25, -0.2) is 0 Å². The predicted octanol–water partition coefficient (Wildman–Crippen LogP) is 4.98. The Labute approximate surface area is 198 Å². The van der Waals surface area contributed by atoms with Crippen LogP contribution in [0.15, 0.2) is 30.3 Å². The lowest BCUT2D eigenvalue weighted by atomic mass is 9.69. The molecule has 1 aliphatic rings. The standard InChI is InChI=1S/C27H36N2O4/c1-19(2)27(18-28,22-8-9-23(30-3)26(16-22)33-6)11-7-12-29-13-10-20-14-24(31-4)25(32-5)15-21(20)17-29/h8-9,14-16,19H,7,10-13,17H2,1-6H3/t27-/m0/s1. The van der Waals surface area contributed by atoms with Gasteiger partial charge in [-0.05, 0) is 72.7 Å². The number of methoxy groups -OCH3 is 4. The minimum atomic E-state index is -0.580. The van der Waals surface area contributed by atoms with Gasteiger partial charge in [0.2, 0.25) is 0 Å². The van der Waals surface area contributed by atoms with Gasteiger partial charge in [0.15, 0.2) is 23.0 Å². The highest BCUT2D eigenvalue weighted by molar-refractivity contribution is 5.49. The molecular formula is C27H36N2O4. The van der Waals surface area contributed by atoms with Gasteiger partial charge in [-0.15, -0.1) is 0 Å². The summed E-state index contributed by atoms with van der Waals surface area (Å²) in [5, 5.41) is 10.3. The molecule has 0 saturated carbocycles. The number of hydrogen-bond acceptors (Lipinski definition) is 6. The second-order valence-electron chi connectivity index (χ2n) is 8.91. The Kier molecular flexibility index (Phi) is 8.10. The number of fused-ring (bicyclic) bond motifs is 1. The maximum absolute atomic E-state index is 10.3. The molecule has 0 aromatic heterocycles. The molecule has 6 nitrogen and oxygen atoms in total. The molecule has 33 heavy (non-hydrogen) atoms. The monoisotopic (exact) mass is 452 g/mol. The van der Waals surface area contributed by atoms with Crippen LogP contribution in [0.5, 0.6) is 23.0 Å². The number of rotatable bonds is 10. The van der Waals surface area contributed by atoms with E-state index in [9.17, 15) is 5.26 Å². The van der Waals surface area contributed by atoms with Crippen LogP contribution in [0.4, 0.5) is 0 Å². The minimum Gasteiger partial charge on any atom is -0.493 e. The first-order chi connectivity index (χ1) is 15.9. The zero-order valence-corrected chi connectivity index (χ0v) is 20.7. The number of nitrogens with zero attached hydrogens (tertiary/aromatic N) is 2. The van der Waals surface area contributed by atoms with Crippen molar-refractivity contribution in [3.8, 4) is 29.1 Å². The molecule has 0 N–H and O–H groups in total. The summed E-state index contributed by atoms with van der Waals surface area (Å²) in [5.74, 6) is 3.06. The van der Waals surface area contributed by atoms with E-state index in [0.717, 1.165) is 56.0 Å². The highest BCUT2D eigenvalue weighted by atomic mass is 16.5. The van der Waals surface area contributed by atoms with Gasteiger partial charge in [0, 0.05) is 13.1 Å². The molecule has 0 spiro atoms. The fourth-order valence-electron chi connectivity index (χ4n) is 4.84. The van der Waals surface area contributed by atoms with Crippen LogP contribution in [0.3, 0.4) is 0 Å². The third-order valence-electron chi connectivity index (χ3n) is 6.93. The molecule has 2 aromatic carbocycles. The van der Waals surface area contributed by atoms with Gasteiger partial charge in [-0.1, -0.05) is 19.9 Å². The molecule has 0 saturated heterocycles. The second-order valence-corrected chi connectivity index (χ2v) is 8.91. The van der Waals surface area contributed by atoms with Gasteiger partial charge < -0.3 is 18.9 Å². The summed E-state index contributed by atoms with van der Waals surface area (Å²) in [6.07, 6.45) is 2.70. The first-order valence-corrected chi connectivity index (χ1v) is 11.5. The molecule has 0 amide bonds. The fraction of sp³-hybridized carbons (Fsp3) is 0.519. The second kappa shape index (κ2) is 10.8. The largest absolute Gasteiger partial charge is 0.493 e. The molecule has 1 atom stereocenters. The van der Waals surface area contributed by atoms with Gasteiger partial charge in [0.1, 0.15) is 0 Å². The molecule has 6 heteroatoms. The number of hydrogen-bond donors (Lipinski definition) is 0. The van der Waals surface area contributed by atoms with Crippen LogP contribution < -0.4 is 18.9 Å². The molecule has 0 radical (unpaired) electrons. The first kappa shape index (κ1) is 24.7. The van der Waals surface area contributed by atoms with Crippen molar-refractivity contribution in [2.45, 2.75) is 45.1 Å². The Bertz CT molecular complexity index is 998. The van der Waals surface area contributed by atoms with Gasteiger partial charge in [-0.2, -0.15) is 5.26 Å². The molecule has 0 unspecified atom stereocenters. The Hall–Kier alpha value is -2.91. The van der Waals surface area contributed by atoms with Crippen molar-refractivity contribution in [1.29, 1.82) is 5.26 Å². The average molecular weight is 453 g/mol. The van der Waals surface area contributed by atoms with E-state index in [4.69, 9.17) is 18.9 Å². The maximum Gasteiger partial charge on any atom is 0.161 e. The van der Waals surface area contributed by atoms with Crippen molar-refractivity contribution >= 4 is 0 Å². The highest BCUT2D eigenvalue weighted by Crippen LogP contribution is 2.41. The minimum absolute atomic E-state index is 0.166. The van der Waals surface area contributed by atoms with E-state index in [1.54, 1.807) is 28.4 Å². The molecule has 2 aromatic rings. The quantitative estimate of drug-likeness (QED) is 0.507. The summed E-state index contributed by atoms with van der Waals surface area (Å²) in [4.78, 5) is 2.46. The van der Waals surface area contributed by atoms with Crippen LogP contribution in [-0.4, -0.2) is 46.4 Å². The normalized spacial score (nSPS) is 15.3. The van der Waals surface area contributed by atoms with E-state index in [0.29, 0.717) is 11.5 Å². The van der Waals surface area contributed by atoms with Crippen LogP contribution in [0.2, 0.25) is 0 Å². The lowest BCUT2D eigenvalue weighted by Gasteiger charge is -2.34. The topological polar surface area (TPSA) is 64.0 Å². The Morgan fingerprint density at radius 2 is 1.52 bits per heavy atom. The SMILES string of the molecule is COc1ccc([C@](C#N)(CCCN2CCc3cc(OC)c(OC)cc3C2)C(C)C)cc1OC. The summed E-state index contributed by atoms with van der Waals surface area (Å²) in [6, 6.07) is 12.7. The molecular weight excluding hydrogens is 416 g/mol. The zero-order valence-electron chi connectivity index (χ0n) is 20.7. The van der Waals surface area contributed by atoms with Crippen molar-refractivity contribution in [3.05, 3.63) is 47.0 Å². The van der Waals surface area contributed by atoms with Crippen LogP contribution >= 0.6 is 0 Å². The molecule has 178 valence electrons. The van der Waals surface area contributed by atoms with Crippen molar-refractivity contribution in [2.24, 2.45) is 5.92 Å². The highest BCUT2D eigenvalue weighted by Gasteiger charge is 2.36. The molecule has 0 aliphatic carbocycles. The van der Waals surface area contributed by atoms with Crippen LogP contribution in [0.1, 0.15) is 43.4 Å². The fourth-order valence-corrected chi connectivity index (χ4v) is 4.84. The van der Waals surface area contributed by atoms with Crippen LogP contribution in [-0.2, 0) is 18.4 Å². The number of nitriles is 1. The summed E-state index contributed by atoms with van der Waals surface area (Å²) in [5.41, 5.74) is 3.01. The van der Waals surface area contributed by atoms with Gasteiger partial charge >= 0.3 is 0 Å². The van der Waals surface area contributed by atoms with Gasteiger partial charge in [0.05, 0.1) is 39.9 Å². The smallest absolute Gasteiger partial charge is 0.161 e. The summed E-state index contributed by atoms with van der Waals surface area (Å²) < 4.78 is 21.8. The van der Waals surface area contributed by atoms with E-state index in [1.165, 1.54) is 11.1 Å². The van der Waals surface area contributed by atoms with E-state index >= 15 is 0 Å². The summed E-state index contributed by atoms with van der Waals surface area (Å²) in [6.45, 7) is 7.07. The Balaban J connectivity index is 1.73. The van der Waals surface area contributed by atoms with E-state index in [2.05, 4.69) is 36.9 Å².